The zero-order valence-electron chi connectivity index (χ0n) is 19.3. The molecule has 0 bridgehead atoms. The van der Waals surface area contributed by atoms with Crippen LogP contribution in [0.25, 0.3) is 11.4 Å². The highest BCUT2D eigenvalue weighted by Crippen LogP contribution is 2.42. The van der Waals surface area contributed by atoms with Crippen molar-refractivity contribution in [2.75, 3.05) is 20.2 Å². The maximum absolute atomic E-state index is 12.4. The zero-order valence-corrected chi connectivity index (χ0v) is 19.3. The number of ether oxygens (including phenoxy) is 1. The minimum absolute atomic E-state index is 0.155. The molecule has 6 nitrogen and oxygen atoms in total. The maximum Gasteiger partial charge on any atom is 0.220 e. The Kier molecular flexibility index (Phi) is 5.85. The number of likely N-dealkylation sites (tertiary alicyclic amines) is 1. The molecule has 0 radical (unpaired) electrons. The first-order chi connectivity index (χ1) is 16.1. The van der Waals surface area contributed by atoms with Crippen molar-refractivity contribution in [3.8, 4) is 17.1 Å². The Bertz CT molecular complexity index is 1150. The summed E-state index contributed by atoms with van der Waals surface area (Å²) in [5.41, 5.74) is 4.28. The largest absolute Gasteiger partial charge is 0.497 e. The molecule has 1 spiro atoms. The number of carbonyl (C=O) groups excluding carboxylic acids is 1. The molecule has 3 heterocycles. The van der Waals surface area contributed by atoms with Gasteiger partial charge in [0.1, 0.15) is 5.75 Å². The first-order valence-corrected chi connectivity index (χ1v) is 11.6. The van der Waals surface area contributed by atoms with Crippen LogP contribution in [0.1, 0.15) is 41.9 Å². The van der Waals surface area contributed by atoms with E-state index >= 15 is 0 Å². The second-order valence-corrected chi connectivity index (χ2v) is 9.29. The van der Waals surface area contributed by atoms with Crippen molar-refractivity contribution in [1.82, 2.24) is 20.2 Å². The van der Waals surface area contributed by atoms with E-state index in [4.69, 9.17) is 4.74 Å². The Labute approximate surface area is 195 Å². The maximum atomic E-state index is 12.4. The van der Waals surface area contributed by atoms with Gasteiger partial charge in [0.2, 0.25) is 5.91 Å². The summed E-state index contributed by atoms with van der Waals surface area (Å²) in [5.74, 6) is 1.97. The third-order valence-corrected chi connectivity index (χ3v) is 7.02. The van der Waals surface area contributed by atoms with E-state index in [1.807, 2.05) is 36.7 Å². The van der Waals surface area contributed by atoms with Gasteiger partial charge in [-0.15, -0.1) is 0 Å². The number of aromatic nitrogens is 2. The number of carbonyl (C=O) groups is 1. The lowest BCUT2D eigenvalue weighted by atomic mass is 9.76. The first-order valence-electron chi connectivity index (χ1n) is 11.6. The summed E-state index contributed by atoms with van der Waals surface area (Å²) >= 11 is 0. The summed E-state index contributed by atoms with van der Waals surface area (Å²) in [7, 11) is 1.69. The van der Waals surface area contributed by atoms with E-state index in [-0.39, 0.29) is 17.4 Å². The van der Waals surface area contributed by atoms with Crippen LogP contribution in [-0.4, -0.2) is 46.5 Å². The van der Waals surface area contributed by atoms with Gasteiger partial charge in [-0.1, -0.05) is 36.4 Å². The van der Waals surface area contributed by atoms with E-state index in [0.717, 1.165) is 55.2 Å². The number of benzene rings is 2. The molecule has 170 valence electrons. The van der Waals surface area contributed by atoms with E-state index in [0.29, 0.717) is 6.42 Å². The summed E-state index contributed by atoms with van der Waals surface area (Å²) in [6.07, 6.45) is 6.38. The lowest BCUT2D eigenvalue weighted by molar-refractivity contribution is -0.125. The number of hydrogen-bond donors (Lipinski definition) is 1. The molecule has 1 amide bonds. The highest BCUT2D eigenvalue weighted by Gasteiger charge is 2.49. The van der Waals surface area contributed by atoms with Gasteiger partial charge in [0.25, 0.3) is 0 Å². The molecular formula is C27H30N4O2. The van der Waals surface area contributed by atoms with Gasteiger partial charge in [0.15, 0.2) is 5.82 Å². The topological polar surface area (TPSA) is 67.3 Å². The van der Waals surface area contributed by atoms with Crippen LogP contribution < -0.4 is 10.1 Å². The van der Waals surface area contributed by atoms with Crippen LogP contribution in [0.15, 0.2) is 60.9 Å². The molecule has 0 aliphatic carbocycles. The van der Waals surface area contributed by atoms with Crippen LogP contribution in [0.4, 0.5) is 0 Å². The normalized spacial score (nSPS) is 23.0. The van der Waals surface area contributed by atoms with Crippen LogP contribution in [-0.2, 0) is 11.3 Å². The highest BCUT2D eigenvalue weighted by molar-refractivity contribution is 5.78. The third kappa shape index (κ3) is 4.35. The van der Waals surface area contributed by atoms with Crippen molar-refractivity contribution in [3.63, 3.8) is 0 Å². The van der Waals surface area contributed by atoms with Crippen LogP contribution >= 0.6 is 0 Å². The van der Waals surface area contributed by atoms with Crippen LogP contribution in [0.5, 0.6) is 5.75 Å². The Morgan fingerprint density at radius 3 is 2.73 bits per heavy atom. The third-order valence-electron chi connectivity index (χ3n) is 7.02. The van der Waals surface area contributed by atoms with Gasteiger partial charge in [-0.3, -0.25) is 9.69 Å². The molecule has 1 N–H and O–H groups in total. The van der Waals surface area contributed by atoms with E-state index in [9.17, 15) is 4.79 Å². The van der Waals surface area contributed by atoms with Gasteiger partial charge in [-0.25, -0.2) is 9.97 Å². The highest BCUT2D eigenvalue weighted by atomic mass is 16.5. The molecule has 6 heteroatoms. The standard InChI is InChI=1S/C27H30N4O2/c1-19-7-3-4-10-23(19)26-28-14-20(15-29-26)16-31-17-24(21-8-5-9-22(13-21)33-2)27(18-31)12-6-11-25(32)30-27/h3-5,7-10,13-15,24H,6,11-12,16-18H2,1-2H3,(H,30,32)/t24-,27+/m0/s1. The van der Waals surface area contributed by atoms with E-state index in [1.54, 1.807) is 7.11 Å². The molecule has 0 unspecified atom stereocenters. The second-order valence-electron chi connectivity index (χ2n) is 9.29. The Hall–Kier alpha value is -3.25. The average molecular weight is 443 g/mol. The van der Waals surface area contributed by atoms with Crippen molar-refractivity contribution in [1.29, 1.82) is 0 Å². The number of hydrogen-bond acceptors (Lipinski definition) is 5. The number of amides is 1. The lowest BCUT2D eigenvalue weighted by Crippen LogP contribution is -2.56. The molecule has 3 aromatic rings. The summed E-state index contributed by atoms with van der Waals surface area (Å²) < 4.78 is 5.47. The number of nitrogens with zero attached hydrogens (tertiary/aromatic N) is 3. The van der Waals surface area contributed by atoms with Gasteiger partial charge < -0.3 is 10.1 Å². The monoisotopic (exact) mass is 442 g/mol. The van der Waals surface area contributed by atoms with E-state index < -0.39 is 0 Å². The Morgan fingerprint density at radius 2 is 1.97 bits per heavy atom. The number of nitrogens with one attached hydrogen (secondary N) is 1. The van der Waals surface area contributed by atoms with Crippen molar-refractivity contribution in [2.24, 2.45) is 0 Å². The fraction of sp³-hybridized carbons (Fsp3) is 0.370. The quantitative estimate of drug-likeness (QED) is 0.644. The molecule has 2 aliphatic rings. The number of methoxy groups -OCH3 is 1. The van der Waals surface area contributed by atoms with Gasteiger partial charge in [-0.2, -0.15) is 0 Å². The number of piperidine rings is 1. The Morgan fingerprint density at radius 1 is 1.15 bits per heavy atom. The van der Waals surface area contributed by atoms with Gasteiger partial charge in [0.05, 0.1) is 12.6 Å². The molecule has 2 aliphatic heterocycles. The first kappa shape index (κ1) is 21.6. The van der Waals surface area contributed by atoms with E-state index in [2.05, 4.69) is 51.4 Å². The fourth-order valence-corrected chi connectivity index (χ4v) is 5.41. The molecule has 2 saturated heterocycles. The molecule has 33 heavy (non-hydrogen) atoms. The SMILES string of the molecule is COc1cccc([C@@H]2CN(Cc3cnc(-c4ccccc4C)nc3)C[C@]23CCCC(=O)N3)c1. The van der Waals surface area contributed by atoms with Gasteiger partial charge in [-0.05, 0) is 43.0 Å². The summed E-state index contributed by atoms with van der Waals surface area (Å²) in [6.45, 7) is 4.52. The van der Waals surface area contributed by atoms with Crippen LogP contribution in [0.3, 0.4) is 0 Å². The molecule has 0 saturated carbocycles. The fourth-order valence-electron chi connectivity index (χ4n) is 5.41. The number of aryl methyl sites for hydroxylation is 1. The average Bonchev–Trinajstić information content (AvgIpc) is 3.16. The van der Waals surface area contributed by atoms with Gasteiger partial charge in [0, 0.05) is 55.5 Å². The Balaban J connectivity index is 1.38. The molecule has 5 rings (SSSR count). The van der Waals surface area contributed by atoms with Gasteiger partial charge >= 0.3 is 0 Å². The van der Waals surface area contributed by atoms with Crippen molar-refractivity contribution in [3.05, 3.63) is 77.6 Å². The molecular weight excluding hydrogens is 412 g/mol. The molecule has 2 atom stereocenters. The second kappa shape index (κ2) is 8.94. The zero-order chi connectivity index (χ0) is 22.8. The van der Waals surface area contributed by atoms with Crippen molar-refractivity contribution < 1.29 is 9.53 Å². The van der Waals surface area contributed by atoms with Crippen LogP contribution in [0, 0.1) is 6.92 Å². The predicted octanol–water partition coefficient (Wildman–Crippen LogP) is 4.10. The minimum Gasteiger partial charge on any atom is -0.497 e. The minimum atomic E-state index is -0.246. The lowest BCUT2D eigenvalue weighted by Gasteiger charge is -2.39. The van der Waals surface area contributed by atoms with E-state index in [1.165, 1.54) is 11.1 Å². The van der Waals surface area contributed by atoms with Crippen LogP contribution in [0.2, 0.25) is 0 Å². The smallest absolute Gasteiger partial charge is 0.220 e. The van der Waals surface area contributed by atoms with Crippen molar-refractivity contribution in [2.45, 2.75) is 44.2 Å². The summed E-state index contributed by atoms with van der Waals surface area (Å²) in [5, 5.41) is 3.38. The predicted molar refractivity (Wildman–Crippen MR) is 128 cm³/mol. The number of rotatable bonds is 5. The summed E-state index contributed by atoms with van der Waals surface area (Å²) in [4.78, 5) is 24.1. The molecule has 2 fully saturated rings. The molecule has 2 aromatic carbocycles. The molecule has 1 aromatic heterocycles. The van der Waals surface area contributed by atoms with Crippen molar-refractivity contribution >= 4 is 5.91 Å². The summed E-state index contributed by atoms with van der Waals surface area (Å²) in [6, 6.07) is 16.4.